The van der Waals surface area contributed by atoms with Gasteiger partial charge in [-0.15, -0.1) is 0 Å². The standard InChI is InChI=1S/C14H15NO4/c16-13-7-12(19-14(17)18)8-15(13)11-5-9-3-1-2-4-10(9)6-11/h1-4,11-12H,5-8H2,(H,17,18). The molecular weight excluding hydrogens is 246 g/mol. The summed E-state index contributed by atoms with van der Waals surface area (Å²) in [5.41, 5.74) is 2.56. The van der Waals surface area contributed by atoms with Gasteiger partial charge in [-0.05, 0) is 24.0 Å². The largest absolute Gasteiger partial charge is 0.506 e. The number of carbonyl (C=O) groups is 2. The lowest BCUT2D eigenvalue weighted by molar-refractivity contribution is -0.129. The van der Waals surface area contributed by atoms with E-state index in [1.807, 2.05) is 12.1 Å². The summed E-state index contributed by atoms with van der Waals surface area (Å²) in [6.07, 6.45) is 0.0332. The van der Waals surface area contributed by atoms with Crippen LogP contribution in [0.1, 0.15) is 17.5 Å². The summed E-state index contributed by atoms with van der Waals surface area (Å²) in [4.78, 5) is 24.2. The smallest absolute Gasteiger partial charge is 0.450 e. The van der Waals surface area contributed by atoms with E-state index in [0.717, 1.165) is 12.8 Å². The molecule has 5 heteroatoms. The van der Waals surface area contributed by atoms with E-state index in [2.05, 4.69) is 12.1 Å². The zero-order chi connectivity index (χ0) is 13.4. The third kappa shape index (κ3) is 2.28. The molecule has 1 aliphatic heterocycles. The van der Waals surface area contributed by atoms with E-state index in [4.69, 9.17) is 9.84 Å². The summed E-state index contributed by atoms with van der Waals surface area (Å²) >= 11 is 0. The minimum absolute atomic E-state index is 0.0101. The number of carboxylic acid groups (broad SMARTS) is 1. The predicted octanol–water partition coefficient (Wildman–Crippen LogP) is 1.45. The summed E-state index contributed by atoms with van der Waals surface area (Å²) < 4.78 is 4.70. The van der Waals surface area contributed by atoms with Crippen molar-refractivity contribution in [1.29, 1.82) is 0 Å². The van der Waals surface area contributed by atoms with Crippen molar-refractivity contribution in [2.45, 2.75) is 31.4 Å². The number of nitrogens with zero attached hydrogens (tertiary/aromatic N) is 1. The van der Waals surface area contributed by atoms with Crippen molar-refractivity contribution >= 4 is 12.1 Å². The van der Waals surface area contributed by atoms with Gasteiger partial charge >= 0.3 is 6.16 Å². The fraction of sp³-hybridized carbons (Fsp3) is 0.429. The fourth-order valence-corrected chi connectivity index (χ4v) is 3.03. The third-order valence-electron chi connectivity index (χ3n) is 3.86. The summed E-state index contributed by atoms with van der Waals surface area (Å²) in [5, 5.41) is 8.60. The molecule has 1 saturated heterocycles. The second-order valence-corrected chi connectivity index (χ2v) is 5.09. The van der Waals surface area contributed by atoms with Gasteiger partial charge in [-0.25, -0.2) is 4.79 Å². The Hall–Kier alpha value is -2.04. The minimum atomic E-state index is -1.31. The summed E-state index contributed by atoms with van der Waals surface area (Å²) in [7, 11) is 0. The fourth-order valence-electron chi connectivity index (χ4n) is 3.03. The number of hydrogen-bond donors (Lipinski definition) is 1. The van der Waals surface area contributed by atoms with Crippen molar-refractivity contribution in [3.8, 4) is 0 Å². The average Bonchev–Trinajstić information content (AvgIpc) is 2.91. The van der Waals surface area contributed by atoms with Gasteiger partial charge in [-0.3, -0.25) is 4.79 Å². The average molecular weight is 261 g/mol. The second kappa shape index (κ2) is 4.57. The van der Waals surface area contributed by atoms with Crippen LogP contribution in [0.3, 0.4) is 0 Å². The lowest BCUT2D eigenvalue weighted by Gasteiger charge is -2.23. The first-order valence-electron chi connectivity index (χ1n) is 6.39. The number of likely N-dealkylation sites (tertiary alicyclic amines) is 1. The molecule has 2 aliphatic rings. The predicted molar refractivity (Wildman–Crippen MR) is 66.9 cm³/mol. The van der Waals surface area contributed by atoms with Crippen molar-refractivity contribution < 1.29 is 19.4 Å². The van der Waals surface area contributed by atoms with E-state index < -0.39 is 12.3 Å². The summed E-state index contributed by atoms with van der Waals surface area (Å²) in [6, 6.07) is 8.32. The molecule has 1 amide bonds. The van der Waals surface area contributed by atoms with Crippen LogP contribution < -0.4 is 0 Å². The second-order valence-electron chi connectivity index (χ2n) is 5.09. The molecule has 1 aromatic carbocycles. The lowest BCUT2D eigenvalue weighted by atomic mass is 10.1. The minimum Gasteiger partial charge on any atom is -0.450 e. The van der Waals surface area contributed by atoms with Crippen molar-refractivity contribution in [3.05, 3.63) is 35.4 Å². The molecule has 0 saturated carbocycles. The number of fused-ring (bicyclic) bond motifs is 1. The number of carbonyl (C=O) groups excluding carboxylic acids is 1. The molecular formula is C14H15NO4. The quantitative estimate of drug-likeness (QED) is 0.818. The van der Waals surface area contributed by atoms with E-state index in [1.54, 1.807) is 4.90 Å². The highest BCUT2D eigenvalue weighted by atomic mass is 16.7. The van der Waals surface area contributed by atoms with Gasteiger partial charge in [0, 0.05) is 6.04 Å². The molecule has 1 unspecified atom stereocenters. The molecule has 5 nitrogen and oxygen atoms in total. The molecule has 1 heterocycles. The van der Waals surface area contributed by atoms with Crippen molar-refractivity contribution in [1.82, 2.24) is 4.90 Å². The molecule has 1 fully saturated rings. The van der Waals surface area contributed by atoms with Gasteiger partial charge < -0.3 is 14.7 Å². The van der Waals surface area contributed by atoms with Crippen LogP contribution in [0.4, 0.5) is 4.79 Å². The topological polar surface area (TPSA) is 66.8 Å². The molecule has 19 heavy (non-hydrogen) atoms. The van der Waals surface area contributed by atoms with Crippen LogP contribution in [-0.2, 0) is 22.4 Å². The maximum Gasteiger partial charge on any atom is 0.506 e. The number of ether oxygens (including phenoxy) is 1. The van der Waals surface area contributed by atoms with Crippen LogP contribution in [0.15, 0.2) is 24.3 Å². The van der Waals surface area contributed by atoms with Gasteiger partial charge in [0.2, 0.25) is 5.91 Å². The van der Waals surface area contributed by atoms with E-state index in [9.17, 15) is 9.59 Å². The van der Waals surface area contributed by atoms with Crippen LogP contribution in [0.25, 0.3) is 0 Å². The van der Waals surface area contributed by atoms with Gasteiger partial charge in [0.15, 0.2) is 0 Å². The Morgan fingerprint density at radius 2 is 1.84 bits per heavy atom. The Bertz CT molecular complexity index is 503. The van der Waals surface area contributed by atoms with Gasteiger partial charge in [0.1, 0.15) is 6.10 Å². The Balaban J connectivity index is 1.68. The van der Waals surface area contributed by atoms with Crippen LogP contribution in [0, 0.1) is 0 Å². The first-order valence-corrected chi connectivity index (χ1v) is 6.39. The number of hydrogen-bond acceptors (Lipinski definition) is 3. The first kappa shape index (κ1) is 12.0. The zero-order valence-corrected chi connectivity index (χ0v) is 10.4. The molecule has 1 aliphatic carbocycles. The van der Waals surface area contributed by atoms with Crippen LogP contribution in [-0.4, -0.2) is 40.8 Å². The monoisotopic (exact) mass is 261 g/mol. The van der Waals surface area contributed by atoms with E-state index in [1.165, 1.54) is 11.1 Å². The zero-order valence-electron chi connectivity index (χ0n) is 10.4. The Labute approximate surface area is 110 Å². The molecule has 3 rings (SSSR count). The summed E-state index contributed by atoms with van der Waals surface area (Å²) in [5.74, 6) is -0.0101. The summed E-state index contributed by atoms with van der Waals surface area (Å²) in [6.45, 7) is 0.379. The van der Waals surface area contributed by atoms with Crippen LogP contribution in [0.2, 0.25) is 0 Å². The van der Waals surface area contributed by atoms with E-state index in [-0.39, 0.29) is 18.4 Å². The highest BCUT2D eigenvalue weighted by molar-refractivity contribution is 5.80. The lowest BCUT2D eigenvalue weighted by Crippen LogP contribution is -2.37. The van der Waals surface area contributed by atoms with Crippen molar-refractivity contribution in [2.24, 2.45) is 0 Å². The molecule has 1 N–H and O–H groups in total. The molecule has 0 bridgehead atoms. The number of amides is 1. The maximum absolute atomic E-state index is 12.0. The molecule has 100 valence electrons. The Morgan fingerprint density at radius 1 is 1.21 bits per heavy atom. The highest BCUT2D eigenvalue weighted by Crippen LogP contribution is 2.28. The maximum atomic E-state index is 12.0. The van der Waals surface area contributed by atoms with Gasteiger partial charge in [-0.2, -0.15) is 0 Å². The Kier molecular flexibility index (Phi) is 2.89. The van der Waals surface area contributed by atoms with Gasteiger partial charge in [0.25, 0.3) is 0 Å². The normalized spacial score (nSPS) is 22.6. The van der Waals surface area contributed by atoms with Crippen LogP contribution in [0.5, 0.6) is 0 Å². The SMILES string of the molecule is O=C(O)OC1CC(=O)N(C2Cc3ccccc3C2)C1. The van der Waals surface area contributed by atoms with Crippen molar-refractivity contribution in [3.63, 3.8) is 0 Å². The molecule has 1 atom stereocenters. The van der Waals surface area contributed by atoms with Gasteiger partial charge in [-0.1, -0.05) is 24.3 Å². The van der Waals surface area contributed by atoms with E-state index in [0.29, 0.717) is 6.54 Å². The highest BCUT2D eigenvalue weighted by Gasteiger charge is 2.38. The molecule has 0 spiro atoms. The van der Waals surface area contributed by atoms with E-state index >= 15 is 0 Å². The molecule has 1 aromatic rings. The van der Waals surface area contributed by atoms with Gasteiger partial charge in [0.05, 0.1) is 13.0 Å². The first-order chi connectivity index (χ1) is 9.13. The Morgan fingerprint density at radius 3 is 2.42 bits per heavy atom. The molecule has 0 aromatic heterocycles. The number of benzene rings is 1. The third-order valence-corrected chi connectivity index (χ3v) is 3.86. The van der Waals surface area contributed by atoms with Crippen LogP contribution >= 0.6 is 0 Å². The number of rotatable bonds is 2. The molecule has 0 radical (unpaired) electrons. The van der Waals surface area contributed by atoms with Crippen molar-refractivity contribution in [2.75, 3.05) is 6.54 Å².